The number of aromatic nitrogens is 1. The Morgan fingerprint density at radius 2 is 1.86 bits per heavy atom. The van der Waals surface area contributed by atoms with Crippen molar-refractivity contribution in [3.63, 3.8) is 0 Å². The lowest BCUT2D eigenvalue weighted by atomic mass is 9.91. The molecule has 0 saturated heterocycles. The second kappa shape index (κ2) is 7.94. The quantitative estimate of drug-likeness (QED) is 0.480. The molecule has 0 fully saturated rings. The first-order valence-corrected chi connectivity index (χ1v) is 8.02. The number of anilines is 2. The minimum Gasteiger partial charge on any atom is -0.399 e. The van der Waals surface area contributed by atoms with E-state index in [-0.39, 0.29) is 5.41 Å². The molecule has 0 bridgehead atoms. The zero-order valence-corrected chi connectivity index (χ0v) is 14.7. The van der Waals surface area contributed by atoms with Gasteiger partial charge in [0.1, 0.15) is 6.29 Å². The average molecular weight is 364 g/mol. The van der Waals surface area contributed by atoms with Gasteiger partial charge in [0.05, 0.1) is 11.4 Å². The van der Waals surface area contributed by atoms with E-state index in [1.165, 1.54) is 0 Å². The van der Waals surface area contributed by atoms with Gasteiger partial charge in [0, 0.05) is 27.7 Å². The van der Waals surface area contributed by atoms with Crippen LogP contribution in [0.25, 0.3) is 0 Å². The number of halogens is 1. The van der Waals surface area contributed by atoms with Gasteiger partial charge in [-0.05, 0) is 24.3 Å². The molecule has 0 saturated carbocycles. The van der Waals surface area contributed by atoms with E-state index in [2.05, 4.69) is 41.7 Å². The van der Waals surface area contributed by atoms with Gasteiger partial charge in [-0.25, -0.2) is 0 Å². The molecule has 0 amide bonds. The minimum absolute atomic E-state index is 0.0879. The molecule has 22 heavy (non-hydrogen) atoms. The maximum Gasteiger partial charge on any atom is 0.150 e. The molecule has 0 aliphatic carbocycles. The highest BCUT2D eigenvalue weighted by molar-refractivity contribution is 9.08. The summed E-state index contributed by atoms with van der Waals surface area (Å²) in [4.78, 5) is 14.6. The summed E-state index contributed by atoms with van der Waals surface area (Å²) >= 11 is 3.37. The molecular weight excluding hydrogens is 342 g/mol. The van der Waals surface area contributed by atoms with E-state index >= 15 is 0 Å². The summed E-state index contributed by atoms with van der Waals surface area (Å²) in [6.45, 7) is 6.43. The number of carbonyl (C=O) groups is 1. The van der Waals surface area contributed by atoms with E-state index in [1.54, 1.807) is 24.3 Å². The molecule has 118 valence electrons. The molecule has 0 unspecified atom stereocenters. The van der Waals surface area contributed by atoms with E-state index in [0.717, 1.165) is 23.4 Å². The standard InChI is InChI=1S/C10H15BrN2.C7H7NO/c1-10(2,3)9-5-4-7(12)8(6-11)13-9;8-7-3-1-2-6(4-7)5-9/h4-5H,6,12H2,1-3H3;1-5H,8H2. The van der Waals surface area contributed by atoms with Crippen molar-refractivity contribution >= 4 is 33.6 Å². The third kappa shape index (κ3) is 5.48. The minimum atomic E-state index is 0.0879. The van der Waals surface area contributed by atoms with Gasteiger partial charge in [-0.3, -0.25) is 9.78 Å². The number of alkyl halides is 1. The summed E-state index contributed by atoms with van der Waals surface area (Å²) in [5, 5.41) is 0.711. The first-order chi connectivity index (χ1) is 10.3. The van der Waals surface area contributed by atoms with Crippen LogP contribution in [0.3, 0.4) is 0 Å². The fourth-order valence-corrected chi connectivity index (χ4v) is 2.12. The van der Waals surface area contributed by atoms with Crippen molar-refractivity contribution < 1.29 is 4.79 Å². The summed E-state index contributed by atoms with van der Waals surface area (Å²) in [6.07, 6.45) is 0.774. The van der Waals surface area contributed by atoms with Crippen LogP contribution in [0.1, 0.15) is 42.5 Å². The average Bonchev–Trinajstić information content (AvgIpc) is 2.47. The molecule has 1 heterocycles. The zero-order chi connectivity index (χ0) is 16.8. The van der Waals surface area contributed by atoms with Crippen molar-refractivity contribution in [3.8, 4) is 0 Å². The molecular formula is C17H22BrN3O. The van der Waals surface area contributed by atoms with Crippen molar-refractivity contribution in [2.45, 2.75) is 31.5 Å². The van der Waals surface area contributed by atoms with Crippen LogP contribution >= 0.6 is 15.9 Å². The Morgan fingerprint density at radius 3 is 2.32 bits per heavy atom. The zero-order valence-electron chi connectivity index (χ0n) is 13.1. The molecule has 4 nitrogen and oxygen atoms in total. The third-order valence-electron chi connectivity index (χ3n) is 2.95. The van der Waals surface area contributed by atoms with Crippen molar-refractivity contribution in [3.05, 3.63) is 53.3 Å². The molecule has 4 N–H and O–H groups in total. The van der Waals surface area contributed by atoms with Crippen LogP contribution in [-0.4, -0.2) is 11.3 Å². The molecule has 1 aromatic heterocycles. The van der Waals surface area contributed by atoms with Gasteiger partial charge in [-0.2, -0.15) is 0 Å². The molecule has 2 aromatic rings. The van der Waals surface area contributed by atoms with Crippen molar-refractivity contribution in [2.24, 2.45) is 0 Å². The Balaban J connectivity index is 0.000000235. The van der Waals surface area contributed by atoms with Gasteiger partial charge < -0.3 is 11.5 Å². The number of nitrogens with zero attached hydrogens (tertiary/aromatic N) is 1. The molecule has 0 spiro atoms. The van der Waals surface area contributed by atoms with E-state index in [4.69, 9.17) is 11.5 Å². The number of carbonyl (C=O) groups excluding carboxylic acids is 1. The Kier molecular flexibility index (Phi) is 6.56. The summed E-state index contributed by atoms with van der Waals surface area (Å²) < 4.78 is 0. The molecule has 5 heteroatoms. The van der Waals surface area contributed by atoms with Crippen LogP contribution in [0, 0.1) is 0 Å². The largest absolute Gasteiger partial charge is 0.399 e. The van der Waals surface area contributed by atoms with Crippen LogP contribution in [0.15, 0.2) is 36.4 Å². The normalized spacial score (nSPS) is 10.5. The lowest BCUT2D eigenvalue weighted by molar-refractivity contribution is 0.112. The van der Waals surface area contributed by atoms with Crippen LogP contribution < -0.4 is 11.5 Å². The Labute approximate surface area is 140 Å². The highest BCUT2D eigenvalue weighted by atomic mass is 79.9. The Bertz CT molecular complexity index is 636. The van der Waals surface area contributed by atoms with Gasteiger partial charge in [0.15, 0.2) is 0 Å². The second-order valence-corrected chi connectivity index (χ2v) is 6.46. The lowest BCUT2D eigenvalue weighted by Gasteiger charge is -2.18. The topological polar surface area (TPSA) is 82.0 Å². The molecule has 1 aromatic carbocycles. The highest BCUT2D eigenvalue weighted by Crippen LogP contribution is 2.23. The number of hydrogen-bond acceptors (Lipinski definition) is 4. The molecule has 0 aliphatic heterocycles. The Hall–Kier alpha value is -1.88. The highest BCUT2D eigenvalue weighted by Gasteiger charge is 2.16. The summed E-state index contributed by atoms with van der Waals surface area (Å²) in [5.41, 5.74) is 15.2. The molecule has 0 radical (unpaired) electrons. The molecule has 2 rings (SSSR count). The van der Waals surface area contributed by atoms with Crippen LogP contribution in [0.5, 0.6) is 0 Å². The second-order valence-electron chi connectivity index (χ2n) is 5.90. The maximum absolute atomic E-state index is 10.1. The van der Waals surface area contributed by atoms with Crippen LogP contribution in [-0.2, 0) is 10.7 Å². The smallest absolute Gasteiger partial charge is 0.150 e. The number of nitrogen functional groups attached to an aromatic ring is 2. The number of aldehydes is 1. The number of pyridine rings is 1. The van der Waals surface area contributed by atoms with Crippen molar-refractivity contribution in [1.82, 2.24) is 4.98 Å². The number of hydrogen-bond donors (Lipinski definition) is 2. The third-order valence-corrected chi connectivity index (χ3v) is 3.48. The van der Waals surface area contributed by atoms with Crippen molar-refractivity contribution in [2.75, 3.05) is 11.5 Å². The predicted molar refractivity (Wildman–Crippen MR) is 96.2 cm³/mol. The molecule has 0 aliphatic rings. The number of nitrogens with two attached hydrogens (primary N) is 2. The van der Waals surface area contributed by atoms with Gasteiger partial charge in [-0.1, -0.05) is 48.8 Å². The Morgan fingerprint density at radius 1 is 1.18 bits per heavy atom. The predicted octanol–water partition coefficient (Wildman–Crippen LogP) is 3.94. The number of rotatable bonds is 2. The van der Waals surface area contributed by atoms with Gasteiger partial charge in [-0.15, -0.1) is 0 Å². The number of benzene rings is 1. The molecule has 0 atom stereocenters. The van der Waals surface area contributed by atoms with Crippen LogP contribution in [0.4, 0.5) is 11.4 Å². The summed E-state index contributed by atoms with van der Waals surface area (Å²) in [6, 6.07) is 10.7. The van der Waals surface area contributed by atoms with Gasteiger partial charge >= 0.3 is 0 Å². The van der Waals surface area contributed by atoms with E-state index in [9.17, 15) is 4.79 Å². The fourth-order valence-electron chi connectivity index (χ4n) is 1.67. The summed E-state index contributed by atoms with van der Waals surface area (Å²) in [7, 11) is 0. The van der Waals surface area contributed by atoms with E-state index in [0.29, 0.717) is 16.6 Å². The SMILES string of the molecule is CC(C)(C)c1ccc(N)c(CBr)n1.Nc1cccc(C=O)c1. The summed E-state index contributed by atoms with van der Waals surface area (Å²) in [5.74, 6) is 0. The van der Waals surface area contributed by atoms with Gasteiger partial charge in [0.25, 0.3) is 0 Å². The first kappa shape index (κ1) is 18.2. The van der Waals surface area contributed by atoms with Gasteiger partial charge in [0.2, 0.25) is 0 Å². The van der Waals surface area contributed by atoms with Crippen LogP contribution in [0.2, 0.25) is 0 Å². The fraction of sp³-hybridized carbons (Fsp3) is 0.294. The van der Waals surface area contributed by atoms with Crippen molar-refractivity contribution in [1.29, 1.82) is 0 Å². The van der Waals surface area contributed by atoms with E-state index in [1.807, 2.05) is 12.1 Å². The maximum atomic E-state index is 10.1. The monoisotopic (exact) mass is 363 g/mol. The first-order valence-electron chi connectivity index (χ1n) is 6.90. The van der Waals surface area contributed by atoms with E-state index < -0.39 is 0 Å². The lowest BCUT2D eigenvalue weighted by Crippen LogP contribution is -2.14.